The average molecular weight is 326 g/mol. The first-order valence-corrected chi connectivity index (χ1v) is 7.21. The van der Waals surface area contributed by atoms with Gasteiger partial charge in [-0.1, -0.05) is 18.2 Å². The molecular formula is C17H18F4N2. The monoisotopic (exact) mass is 326 g/mol. The molecule has 0 radical (unpaired) electrons. The lowest BCUT2D eigenvalue weighted by atomic mass is 10.0. The molecule has 124 valence electrons. The number of rotatable bonds is 1. The van der Waals surface area contributed by atoms with Crippen molar-refractivity contribution in [2.24, 2.45) is 10.9 Å². The average Bonchev–Trinajstić information content (AvgIpc) is 2.47. The lowest BCUT2D eigenvalue weighted by Gasteiger charge is -2.16. The number of nitrogens with zero attached hydrogens (tertiary/aromatic N) is 1. The maximum Gasteiger partial charge on any atom is 0.395 e. The predicted octanol–water partition coefficient (Wildman–Crippen LogP) is 4.86. The zero-order valence-electron chi connectivity index (χ0n) is 13.1. The van der Waals surface area contributed by atoms with Crippen molar-refractivity contribution in [2.45, 2.75) is 33.4 Å². The fourth-order valence-electron chi connectivity index (χ4n) is 2.31. The van der Waals surface area contributed by atoms with E-state index in [-0.39, 0.29) is 23.5 Å². The SMILES string of the molecule is C/C1=C\CC(C(F)(F)F)/C=C(\C)NC(c2ccc(C)cc2F)=N1. The van der Waals surface area contributed by atoms with Gasteiger partial charge in [0.25, 0.3) is 0 Å². The number of halogens is 4. The van der Waals surface area contributed by atoms with E-state index < -0.39 is 17.9 Å². The number of aliphatic imine (C=N–C) groups is 1. The molecule has 0 aliphatic carbocycles. The van der Waals surface area contributed by atoms with Gasteiger partial charge in [-0.3, -0.25) is 0 Å². The molecule has 6 heteroatoms. The van der Waals surface area contributed by atoms with Crippen molar-refractivity contribution < 1.29 is 17.6 Å². The third kappa shape index (κ3) is 4.43. The highest BCUT2D eigenvalue weighted by Gasteiger charge is 2.37. The van der Waals surface area contributed by atoms with E-state index in [0.717, 1.165) is 11.6 Å². The van der Waals surface area contributed by atoms with Gasteiger partial charge in [-0.05, 0) is 44.9 Å². The first-order chi connectivity index (χ1) is 10.7. The van der Waals surface area contributed by atoms with E-state index >= 15 is 0 Å². The van der Waals surface area contributed by atoms with Gasteiger partial charge in [-0.25, -0.2) is 9.38 Å². The second-order valence-corrected chi connectivity index (χ2v) is 5.65. The van der Waals surface area contributed by atoms with E-state index in [1.165, 1.54) is 19.1 Å². The van der Waals surface area contributed by atoms with Crippen LogP contribution in [0.25, 0.3) is 0 Å². The molecule has 1 N–H and O–H groups in total. The molecule has 0 fully saturated rings. The minimum atomic E-state index is -4.33. The van der Waals surface area contributed by atoms with Gasteiger partial charge >= 0.3 is 6.18 Å². The second kappa shape index (κ2) is 6.56. The topological polar surface area (TPSA) is 24.4 Å². The van der Waals surface area contributed by atoms with Gasteiger partial charge in [0.2, 0.25) is 0 Å². The number of hydrogen-bond donors (Lipinski definition) is 1. The van der Waals surface area contributed by atoms with Gasteiger partial charge in [-0.2, -0.15) is 13.2 Å². The molecule has 1 unspecified atom stereocenters. The molecule has 0 saturated heterocycles. The van der Waals surface area contributed by atoms with Crippen molar-refractivity contribution in [1.29, 1.82) is 0 Å². The Kier molecular flexibility index (Phi) is 4.92. The molecule has 2 rings (SSSR count). The summed E-state index contributed by atoms with van der Waals surface area (Å²) in [6, 6.07) is 4.66. The molecule has 1 atom stereocenters. The van der Waals surface area contributed by atoms with Gasteiger partial charge in [0.15, 0.2) is 0 Å². The lowest BCUT2D eigenvalue weighted by molar-refractivity contribution is -0.160. The van der Waals surface area contributed by atoms with Crippen molar-refractivity contribution >= 4 is 5.84 Å². The molecule has 1 aromatic rings. The molecule has 0 aromatic heterocycles. The fourth-order valence-corrected chi connectivity index (χ4v) is 2.31. The summed E-state index contributed by atoms with van der Waals surface area (Å²) < 4.78 is 53.2. The molecule has 0 bridgehead atoms. The number of allylic oxidation sites excluding steroid dienone is 4. The first kappa shape index (κ1) is 17.2. The zero-order valence-corrected chi connectivity index (χ0v) is 13.1. The minimum absolute atomic E-state index is 0.193. The Morgan fingerprint density at radius 2 is 1.87 bits per heavy atom. The van der Waals surface area contributed by atoms with Crippen molar-refractivity contribution in [3.63, 3.8) is 0 Å². The largest absolute Gasteiger partial charge is 0.395 e. The molecule has 1 aliphatic heterocycles. The Morgan fingerprint density at radius 3 is 2.48 bits per heavy atom. The van der Waals surface area contributed by atoms with Gasteiger partial charge < -0.3 is 5.32 Å². The van der Waals surface area contributed by atoms with Crippen molar-refractivity contribution in [3.05, 3.63) is 58.7 Å². The van der Waals surface area contributed by atoms with Crippen LogP contribution in [0.2, 0.25) is 0 Å². The summed E-state index contributed by atoms with van der Waals surface area (Å²) in [7, 11) is 0. The maximum atomic E-state index is 14.2. The van der Waals surface area contributed by atoms with Gasteiger partial charge in [0.1, 0.15) is 11.7 Å². The molecule has 0 spiro atoms. The highest BCUT2D eigenvalue weighted by atomic mass is 19.4. The normalized spacial score (nSPS) is 24.1. The van der Waals surface area contributed by atoms with Crippen molar-refractivity contribution in [2.75, 3.05) is 0 Å². The van der Waals surface area contributed by atoms with E-state index in [0.29, 0.717) is 5.70 Å². The standard InChI is InChI=1S/C17H18F4N2/c1-10-4-7-14(15(18)8-10)16-22-11(2)5-6-13(17(19,20)21)9-12(3)23-16/h4-5,7-9,13H,6H2,1-3H3,(H,22,23)/b11-5+,12-9+. The van der Waals surface area contributed by atoms with E-state index in [1.807, 2.05) is 0 Å². The Hall–Kier alpha value is -2.11. The molecule has 0 saturated carbocycles. The fraction of sp³-hybridized carbons (Fsp3) is 0.353. The summed E-state index contributed by atoms with van der Waals surface area (Å²) in [5.74, 6) is -1.86. The van der Waals surface area contributed by atoms with Gasteiger partial charge in [0, 0.05) is 11.4 Å². The first-order valence-electron chi connectivity index (χ1n) is 7.21. The van der Waals surface area contributed by atoms with Crippen LogP contribution >= 0.6 is 0 Å². The van der Waals surface area contributed by atoms with Crippen LogP contribution < -0.4 is 5.32 Å². The second-order valence-electron chi connectivity index (χ2n) is 5.65. The number of alkyl halides is 3. The number of nitrogens with one attached hydrogen (secondary N) is 1. The van der Waals surface area contributed by atoms with Crippen LogP contribution in [0.5, 0.6) is 0 Å². The lowest BCUT2D eigenvalue weighted by Crippen LogP contribution is -2.26. The summed E-state index contributed by atoms with van der Waals surface area (Å²) in [5.41, 5.74) is 1.67. The van der Waals surface area contributed by atoms with Crippen LogP contribution in [0, 0.1) is 18.7 Å². The van der Waals surface area contributed by atoms with Crippen LogP contribution in [0.4, 0.5) is 17.6 Å². The van der Waals surface area contributed by atoms with Crippen LogP contribution in [0.1, 0.15) is 31.4 Å². The molecule has 23 heavy (non-hydrogen) atoms. The summed E-state index contributed by atoms with van der Waals surface area (Å²) in [4.78, 5) is 4.24. The van der Waals surface area contributed by atoms with E-state index in [9.17, 15) is 17.6 Å². The summed E-state index contributed by atoms with van der Waals surface area (Å²) >= 11 is 0. The molecular weight excluding hydrogens is 308 g/mol. The van der Waals surface area contributed by atoms with Gasteiger partial charge in [0.05, 0.1) is 11.5 Å². The Morgan fingerprint density at radius 1 is 1.17 bits per heavy atom. The van der Waals surface area contributed by atoms with E-state index in [1.54, 1.807) is 26.0 Å². The van der Waals surface area contributed by atoms with Crippen LogP contribution in [0.15, 0.2) is 46.7 Å². The third-order valence-electron chi connectivity index (χ3n) is 3.52. The van der Waals surface area contributed by atoms with Crippen LogP contribution in [-0.4, -0.2) is 12.0 Å². The van der Waals surface area contributed by atoms with Gasteiger partial charge in [-0.15, -0.1) is 0 Å². The third-order valence-corrected chi connectivity index (χ3v) is 3.52. The zero-order chi connectivity index (χ0) is 17.2. The molecule has 1 heterocycles. The number of benzene rings is 1. The van der Waals surface area contributed by atoms with Crippen molar-refractivity contribution in [1.82, 2.24) is 5.32 Å². The molecule has 0 amide bonds. The Labute approximate surface area is 132 Å². The Balaban J connectivity index is 2.44. The highest BCUT2D eigenvalue weighted by Crippen LogP contribution is 2.32. The maximum absolute atomic E-state index is 14.2. The predicted molar refractivity (Wildman–Crippen MR) is 82.5 cm³/mol. The summed E-state index contributed by atoms with van der Waals surface area (Å²) in [6.07, 6.45) is -2.00. The number of aryl methyl sites for hydroxylation is 1. The summed E-state index contributed by atoms with van der Waals surface area (Å²) in [5, 5.41) is 2.80. The Bertz CT molecular complexity index is 684. The number of amidine groups is 1. The van der Waals surface area contributed by atoms with Crippen molar-refractivity contribution in [3.8, 4) is 0 Å². The minimum Gasteiger partial charge on any atom is -0.344 e. The molecule has 2 nitrogen and oxygen atoms in total. The van der Waals surface area contributed by atoms with E-state index in [4.69, 9.17) is 0 Å². The highest BCUT2D eigenvalue weighted by molar-refractivity contribution is 6.00. The number of hydrogen-bond acceptors (Lipinski definition) is 2. The molecule has 1 aliphatic rings. The smallest absolute Gasteiger partial charge is 0.344 e. The van der Waals surface area contributed by atoms with Crippen LogP contribution in [-0.2, 0) is 0 Å². The van der Waals surface area contributed by atoms with E-state index in [2.05, 4.69) is 10.3 Å². The quantitative estimate of drug-likeness (QED) is 0.732. The molecule has 1 aromatic carbocycles. The van der Waals surface area contributed by atoms with Crippen LogP contribution in [0.3, 0.4) is 0 Å². The summed E-state index contributed by atoms with van der Waals surface area (Å²) in [6.45, 7) is 4.87.